The normalized spacial score (nSPS) is 13.3. The Morgan fingerprint density at radius 2 is 1.58 bits per heavy atom. The molecule has 0 saturated heterocycles. The maximum Gasteiger partial charge on any atom is 0.305 e. The molecule has 0 saturated carbocycles. The van der Waals surface area contributed by atoms with Crippen LogP contribution in [0, 0.1) is 5.92 Å². The lowest BCUT2D eigenvalue weighted by Gasteiger charge is -2.24. The fraction of sp³-hybridized carbons (Fsp3) is 0.400. The summed E-state index contributed by atoms with van der Waals surface area (Å²) < 4.78 is 5.39. The van der Waals surface area contributed by atoms with Crippen LogP contribution < -0.4 is 26.0 Å². The second-order valence-corrected chi connectivity index (χ2v) is 8.70. The number of benzene rings is 2. The predicted molar refractivity (Wildman–Crippen MR) is 133 cm³/mol. The molecule has 0 aliphatic carbocycles. The van der Waals surface area contributed by atoms with Crippen LogP contribution in [0.3, 0.4) is 0 Å². The van der Waals surface area contributed by atoms with Crippen molar-refractivity contribution in [2.24, 2.45) is 5.92 Å². The number of ether oxygens (including phenoxy) is 1. The summed E-state index contributed by atoms with van der Waals surface area (Å²) in [6.45, 7) is 6.14. The molecule has 11 heteroatoms. The van der Waals surface area contributed by atoms with E-state index in [0.29, 0.717) is 11.4 Å². The lowest BCUT2D eigenvalue weighted by molar-refractivity contribution is -0.140. The lowest BCUT2D eigenvalue weighted by atomic mass is 10.0. The third-order valence-electron chi connectivity index (χ3n) is 5.38. The van der Waals surface area contributed by atoms with Gasteiger partial charge in [0.2, 0.25) is 23.6 Å². The number of anilines is 1. The molecule has 11 nitrogen and oxygen atoms in total. The minimum Gasteiger partial charge on any atom is -0.496 e. The van der Waals surface area contributed by atoms with Crippen LogP contribution >= 0.6 is 0 Å². The van der Waals surface area contributed by atoms with Gasteiger partial charge < -0.3 is 31.1 Å². The van der Waals surface area contributed by atoms with E-state index >= 15 is 0 Å². The number of hydrogen-bond acceptors (Lipinski definition) is 6. The summed E-state index contributed by atoms with van der Waals surface area (Å²) >= 11 is 0. The number of amides is 4. The lowest BCUT2D eigenvalue weighted by Crippen LogP contribution is -2.56. The van der Waals surface area contributed by atoms with Crippen LogP contribution in [0.5, 0.6) is 5.75 Å². The molecular weight excluding hydrogens is 468 g/mol. The van der Waals surface area contributed by atoms with Gasteiger partial charge in [-0.15, -0.1) is 0 Å². The SMILES string of the molecule is COc1cc(NC(=O)C(CC(=O)O)NC(=O)C(C)NC(=O)C(NC(C)=O)C(C)C)cc2ccccc12. The van der Waals surface area contributed by atoms with Gasteiger partial charge in [0.25, 0.3) is 0 Å². The third kappa shape index (κ3) is 7.69. The Hall–Kier alpha value is -4.15. The van der Waals surface area contributed by atoms with Crippen molar-refractivity contribution < 1.29 is 33.8 Å². The molecular formula is C25H32N4O7. The molecule has 0 spiro atoms. The van der Waals surface area contributed by atoms with Gasteiger partial charge in [-0.1, -0.05) is 38.1 Å². The number of carbonyl (C=O) groups is 5. The zero-order valence-electron chi connectivity index (χ0n) is 20.9. The van der Waals surface area contributed by atoms with Crippen molar-refractivity contribution in [2.45, 2.75) is 52.2 Å². The van der Waals surface area contributed by atoms with Crippen LogP contribution in [0.25, 0.3) is 10.8 Å². The number of carboxylic acid groups (broad SMARTS) is 1. The van der Waals surface area contributed by atoms with E-state index < -0.39 is 54.1 Å². The van der Waals surface area contributed by atoms with E-state index in [0.717, 1.165) is 10.8 Å². The van der Waals surface area contributed by atoms with Crippen LogP contribution in [0.2, 0.25) is 0 Å². The summed E-state index contributed by atoms with van der Waals surface area (Å²) in [6.07, 6.45) is -0.677. The number of aliphatic carboxylic acids is 1. The second-order valence-electron chi connectivity index (χ2n) is 8.70. The van der Waals surface area contributed by atoms with Crippen molar-refractivity contribution in [3.8, 4) is 5.75 Å². The molecule has 0 fully saturated rings. The Kier molecular flexibility index (Phi) is 9.77. The fourth-order valence-corrected chi connectivity index (χ4v) is 3.55. The first kappa shape index (κ1) is 28.1. The summed E-state index contributed by atoms with van der Waals surface area (Å²) in [6, 6.07) is 7.29. The topological polar surface area (TPSA) is 163 Å². The Balaban J connectivity index is 2.15. The monoisotopic (exact) mass is 500 g/mol. The molecule has 0 heterocycles. The van der Waals surface area contributed by atoms with E-state index in [1.54, 1.807) is 26.0 Å². The number of rotatable bonds is 11. The van der Waals surface area contributed by atoms with Crippen LogP contribution in [0.1, 0.15) is 34.1 Å². The van der Waals surface area contributed by atoms with Crippen molar-refractivity contribution in [2.75, 3.05) is 12.4 Å². The quantitative estimate of drug-likeness (QED) is 0.311. The van der Waals surface area contributed by atoms with Crippen molar-refractivity contribution in [3.05, 3.63) is 36.4 Å². The van der Waals surface area contributed by atoms with Gasteiger partial charge in [-0.25, -0.2) is 0 Å². The molecule has 4 amide bonds. The summed E-state index contributed by atoms with van der Waals surface area (Å²) in [7, 11) is 1.49. The molecule has 5 N–H and O–H groups in total. The third-order valence-corrected chi connectivity index (χ3v) is 5.38. The summed E-state index contributed by atoms with van der Waals surface area (Å²) in [5.74, 6) is -3.51. The standard InChI is InChI=1S/C25H32N4O7/c1-13(2)22(27-15(4)30)25(35)26-14(3)23(33)29-19(12-21(31)32)24(34)28-17-10-16-8-6-7-9-18(16)20(11-17)36-5/h6-11,13-14,19,22H,12H2,1-5H3,(H,26,35)(H,27,30)(H,28,34)(H,29,33)(H,31,32). The molecule has 0 bridgehead atoms. The highest BCUT2D eigenvalue weighted by molar-refractivity contribution is 6.02. The van der Waals surface area contributed by atoms with Gasteiger partial charge in [0.1, 0.15) is 23.9 Å². The first-order valence-corrected chi connectivity index (χ1v) is 11.4. The minimum absolute atomic E-state index is 0.242. The highest BCUT2D eigenvalue weighted by atomic mass is 16.5. The van der Waals surface area contributed by atoms with E-state index in [1.165, 1.54) is 21.0 Å². The first-order valence-electron chi connectivity index (χ1n) is 11.4. The number of nitrogens with one attached hydrogen (secondary N) is 4. The van der Waals surface area contributed by atoms with E-state index in [9.17, 15) is 29.1 Å². The molecule has 0 aromatic heterocycles. The summed E-state index contributed by atoms with van der Waals surface area (Å²) in [4.78, 5) is 60.9. The number of carboxylic acids is 1. The van der Waals surface area contributed by atoms with Crippen molar-refractivity contribution in [3.63, 3.8) is 0 Å². The molecule has 0 radical (unpaired) electrons. The number of methoxy groups -OCH3 is 1. The van der Waals surface area contributed by atoms with E-state index in [-0.39, 0.29) is 5.92 Å². The van der Waals surface area contributed by atoms with Crippen molar-refractivity contribution >= 4 is 46.1 Å². The van der Waals surface area contributed by atoms with Gasteiger partial charge in [-0.2, -0.15) is 0 Å². The molecule has 2 rings (SSSR count). The second kappa shape index (κ2) is 12.5. The minimum atomic E-state index is -1.41. The average molecular weight is 501 g/mol. The van der Waals surface area contributed by atoms with Gasteiger partial charge in [-0.05, 0) is 24.3 Å². The number of fused-ring (bicyclic) bond motifs is 1. The van der Waals surface area contributed by atoms with Crippen LogP contribution in [-0.4, -0.2) is 59.9 Å². The van der Waals surface area contributed by atoms with Gasteiger partial charge in [0.15, 0.2) is 0 Å². The molecule has 2 aromatic rings. The van der Waals surface area contributed by atoms with Gasteiger partial charge in [0.05, 0.1) is 13.5 Å². The van der Waals surface area contributed by atoms with Gasteiger partial charge in [0, 0.05) is 24.1 Å². The van der Waals surface area contributed by atoms with Crippen molar-refractivity contribution in [1.29, 1.82) is 0 Å². The van der Waals surface area contributed by atoms with Gasteiger partial charge in [-0.3, -0.25) is 24.0 Å². The molecule has 194 valence electrons. The van der Waals surface area contributed by atoms with E-state index in [4.69, 9.17) is 4.74 Å². The van der Waals surface area contributed by atoms with Crippen molar-refractivity contribution in [1.82, 2.24) is 16.0 Å². The molecule has 0 aliphatic heterocycles. The predicted octanol–water partition coefficient (Wildman–Crippen LogP) is 1.41. The molecule has 2 aromatic carbocycles. The maximum absolute atomic E-state index is 12.9. The largest absolute Gasteiger partial charge is 0.496 e. The highest BCUT2D eigenvalue weighted by Gasteiger charge is 2.29. The van der Waals surface area contributed by atoms with E-state index in [1.807, 2.05) is 24.3 Å². The Morgan fingerprint density at radius 1 is 0.917 bits per heavy atom. The zero-order valence-corrected chi connectivity index (χ0v) is 20.9. The molecule has 3 atom stereocenters. The molecule has 3 unspecified atom stereocenters. The Bertz CT molecular complexity index is 1150. The highest BCUT2D eigenvalue weighted by Crippen LogP contribution is 2.29. The first-order chi connectivity index (χ1) is 16.9. The Labute approximate surface area is 209 Å². The van der Waals surface area contributed by atoms with Crippen LogP contribution in [-0.2, 0) is 24.0 Å². The summed E-state index contributed by atoms with van der Waals surface area (Å²) in [5, 5.41) is 20.9. The smallest absolute Gasteiger partial charge is 0.305 e. The molecule has 0 aliphatic rings. The van der Waals surface area contributed by atoms with Crippen LogP contribution in [0.4, 0.5) is 5.69 Å². The maximum atomic E-state index is 12.9. The average Bonchev–Trinajstić information content (AvgIpc) is 2.80. The van der Waals surface area contributed by atoms with E-state index in [2.05, 4.69) is 21.3 Å². The number of hydrogen-bond donors (Lipinski definition) is 5. The zero-order chi connectivity index (χ0) is 27.0. The summed E-state index contributed by atoms with van der Waals surface area (Å²) in [5.41, 5.74) is 0.358. The van der Waals surface area contributed by atoms with Crippen LogP contribution in [0.15, 0.2) is 36.4 Å². The van der Waals surface area contributed by atoms with Gasteiger partial charge >= 0.3 is 5.97 Å². The molecule has 36 heavy (non-hydrogen) atoms. The number of carbonyl (C=O) groups excluding carboxylic acids is 4. The fourth-order valence-electron chi connectivity index (χ4n) is 3.55. The Morgan fingerprint density at radius 3 is 2.17 bits per heavy atom.